The van der Waals surface area contributed by atoms with E-state index in [1.807, 2.05) is 13.8 Å². The van der Waals surface area contributed by atoms with E-state index in [1.165, 1.54) is 6.20 Å². The van der Waals surface area contributed by atoms with E-state index in [2.05, 4.69) is 4.98 Å². The minimum absolute atomic E-state index is 0.00991. The second kappa shape index (κ2) is 8.84. The molecule has 3 rings (SSSR count). The van der Waals surface area contributed by atoms with Gasteiger partial charge in [0.15, 0.2) is 12.0 Å². The fourth-order valence-corrected chi connectivity index (χ4v) is 3.72. The Bertz CT molecular complexity index is 700. The van der Waals surface area contributed by atoms with Crippen LogP contribution in [0.25, 0.3) is 6.08 Å². The van der Waals surface area contributed by atoms with Crippen LogP contribution in [0.3, 0.4) is 0 Å². The Kier molecular flexibility index (Phi) is 6.67. The zero-order valence-electron chi connectivity index (χ0n) is 16.4. The Morgan fingerprint density at radius 2 is 2.07 bits per heavy atom. The first kappa shape index (κ1) is 21.1. The molecule has 2 aliphatic heterocycles. The van der Waals surface area contributed by atoms with Crippen molar-refractivity contribution >= 4 is 12.4 Å². The summed E-state index contributed by atoms with van der Waals surface area (Å²) in [6, 6.07) is 0. The lowest BCUT2D eigenvalue weighted by Crippen LogP contribution is -2.50. The van der Waals surface area contributed by atoms with Gasteiger partial charge in [0.05, 0.1) is 43.3 Å². The van der Waals surface area contributed by atoms with Gasteiger partial charge in [-0.2, -0.15) is 0 Å². The van der Waals surface area contributed by atoms with Crippen LogP contribution in [0.2, 0.25) is 0 Å². The number of hydrogen-bond donors (Lipinski definition) is 3. The molecule has 1 aromatic rings. The summed E-state index contributed by atoms with van der Waals surface area (Å²) in [7, 11) is 0. The minimum atomic E-state index is -1.01. The van der Waals surface area contributed by atoms with Crippen LogP contribution in [0, 0.1) is 11.8 Å². The van der Waals surface area contributed by atoms with Gasteiger partial charge in [0.25, 0.3) is 0 Å². The van der Waals surface area contributed by atoms with Gasteiger partial charge in [-0.05, 0) is 32.8 Å². The molecule has 0 aliphatic carbocycles. The molecule has 0 radical (unpaired) electrons. The third-order valence-electron chi connectivity index (χ3n) is 5.72. The molecular weight excluding hydrogens is 366 g/mol. The average molecular weight is 395 g/mol. The molecule has 28 heavy (non-hydrogen) atoms. The smallest absolute Gasteiger partial charge is 0.219 e. The van der Waals surface area contributed by atoms with Crippen molar-refractivity contribution in [3.05, 3.63) is 23.4 Å². The van der Waals surface area contributed by atoms with Crippen LogP contribution in [0.4, 0.5) is 0 Å². The Balaban J connectivity index is 1.51. The highest BCUT2D eigenvalue weighted by Crippen LogP contribution is 2.38. The van der Waals surface area contributed by atoms with E-state index in [9.17, 15) is 20.1 Å². The van der Waals surface area contributed by atoms with Gasteiger partial charge in [0, 0.05) is 11.8 Å². The Morgan fingerprint density at radius 3 is 2.71 bits per heavy atom. The molecule has 8 nitrogen and oxygen atoms in total. The number of aliphatic hydroxyl groups is 3. The number of rotatable bonds is 8. The highest BCUT2D eigenvalue weighted by molar-refractivity contribution is 5.70. The van der Waals surface area contributed by atoms with Gasteiger partial charge in [-0.25, -0.2) is 4.98 Å². The highest BCUT2D eigenvalue weighted by atomic mass is 16.6. The van der Waals surface area contributed by atoms with Crippen LogP contribution in [-0.4, -0.2) is 69.8 Å². The molecule has 3 heterocycles. The topological polar surface area (TPSA) is 126 Å². The summed E-state index contributed by atoms with van der Waals surface area (Å²) in [4.78, 5) is 14.6. The summed E-state index contributed by atoms with van der Waals surface area (Å²) in [5.74, 6) is 0.282. The number of aromatic nitrogens is 1. The Hall–Kier alpha value is -1.58. The quantitative estimate of drug-likeness (QED) is 0.443. The summed E-state index contributed by atoms with van der Waals surface area (Å²) in [5.41, 5.74) is 0.852. The SMILES string of the molecule is C/C(=C\c1ncc(C=O)o1)C[C@@H]1OCC(C[C@H]2O[C@H]2[C@@H](C)[C@H](C)O)[C@@H](O)[C@H]1O. The summed E-state index contributed by atoms with van der Waals surface area (Å²) in [6.07, 6.45) is 1.69. The molecular formula is C20H29NO7. The Labute approximate surface area is 164 Å². The van der Waals surface area contributed by atoms with Crippen molar-refractivity contribution in [3.8, 4) is 0 Å². The molecule has 0 bridgehead atoms. The number of carbonyl (C=O) groups excluding carboxylic acids is 1. The van der Waals surface area contributed by atoms with Gasteiger partial charge in [0.1, 0.15) is 6.10 Å². The Morgan fingerprint density at radius 1 is 1.32 bits per heavy atom. The summed E-state index contributed by atoms with van der Waals surface area (Å²) in [6.45, 7) is 5.86. The van der Waals surface area contributed by atoms with Crippen molar-refractivity contribution in [3.63, 3.8) is 0 Å². The predicted octanol–water partition coefficient (Wildman–Crippen LogP) is 1.19. The highest BCUT2D eigenvalue weighted by Gasteiger charge is 2.48. The lowest BCUT2D eigenvalue weighted by Gasteiger charge is -2.38. The second-order valence-electron chi connectivity index (χ2n) is 8.00. The first-order chi connectivity index (χ1) is 13.3. The van der Waals surface area contributed by atoms with Gasteiger partial charge >= 0.3 is 0 Å². The third kappa shape index (κ3) is 4.87. The molecule has 0 amide bonds. The van der Waals surface area contributed by atoms with Gasteiger partial charge in [-0.3, -0.25) is 4.79 Å². The molecule has 156 valence electrons. The number of ether oxygens (including phenoxy) is 2. The molecule has 3 N–H and O–H groups in total. The van der Waals surface area contributed by atoms with Crippen LogP contribution in [0.1, 0.15) is 50.1 Å². The number of nitrogens with zero attached hydrogens (tertiary/aromatic N) is 1. The maximum Gasteiger partial charge on any atom is 0.219 e. The van der Waals surface area contributed by atoms with E-state index in [4.69, 9.17) is 13.9 Å². The first-order valence-corrected chi connectivity index (χ1v) is 9.69. The number of oxazole rings is 1. The molecule has 0 spiro atoms. The van der Waals surface area contributed by atoms with Gasteiger partial charge in [-0.1, -0.05) is 12.5 Å². The minimum Gasteiger partial charge on any atom is -0.434 e. The molecule has 0 saturated carbocycles. The van der Waals surface area contributed by atoms with Gasteiger partial charge in [-0.15, -0.1) is 0 Å². The fraction of sp³-hybridized carbons (Fsp3) is 0.700. The van der Waals surface area contributed by atoms with Crippen molar-refractivity contribution in [2.24, 2.45) is 11.8 Å². The summed E-state index contributed by atoms with van der Waals surface area (Å²) < 4.78 is 16.7. The zero-order valence-corrected chi connectivity index (χ0v) is 16.4. The second-order valence-corrected chi connectivity index (χ2v) is 8.00. The van der Waals surface area contributed by atoms with E-state index in [0.717, 1.165) is 5.57 Å². The van der Waals surface area contributed by atoms with Crippen molar-refractivity contribution in [2.75, 3.05) is 6.61 Å². The summed E-state index contributed by atoms with van der Waals surface area (Å²) >= 11 is 0. The van der Waals surface area contributed by atoms with Crippen molar-refractivity contribution < 1.29 is 34.0 Å². The molecule has 8 heteroatoms. The van der Waals surface area contributed by atoms with E-state index in [1.54, 1.807) is 13.0 Å². The van der Waals surface area contributed by atoms with E-state index >= 15 is 0 Å². The normalized spacial score (nSPS) is 35.4. The third-order valence-corrected chi connectivity index (χ3v) is 5.72. The number of carbonyl (C=O) groups is 1. The van der Waals surface area contributed by atoms with Gasteiger partial charge < -0.3 is 29.2 Å². The van der Waals surface area contributed by atoms with Crippen molar-refractivity contribution in [1.82, 2.24) is 4.98 Å². The lowest BCUT2D eigenvalue weighted by atomic mass is 9.85. The largest absolute Gasteiger partial charge is 0.434 e. The molecule has 2 saturated heterocycles. The van der Waals surface area contributed by atoms with Crippen LogP contribution in [-0.2, 0) is 9.47 Å². The molecule has 0 aromatic carbocycles. The molecule has 1 aromatic heterocycles. The van der Waals surface area contributed by atoms with Crippen molar-refractivity contribution in [1.29, 1.82) is 0 Å². The molecule has 8 atom stereocenters. The predicted molar refractivity (Wildman–Crippen MR) is 99.5 cm³/mol. The number of hydrogen-bond acceptors (Lipinski definition) is 8. The lowest BCUT2D eigenvalue weighted by molar-refractivity contribution is -0.165. The number of aliphatic hydroxyl groups excluding tert-OH is 3. The molecule has 2 fully saturated rings. The fourth-order valence-electron chi connectivity index (χ4n) is 3.72. The standard InChI is InChI=1S/C20H29NO7/c1-10(5-17-21-7-14(8-22)27-17)4-15-19(25)18(24)13(9-26-15)6-16-20(28-16)11(2)12(3)23/h5,7-8,11-13,15-16,18-20,23-25H,4,6,9H2,1-3H3/b10-5+/t11-,12-,13?,15-,16+,18+,19-,20-/m0/s1. The number of epoxide rings is 1. The molecule has 1 unspecified atom stereocenters. The van der Waals surface area contributed by atoms with Gasteiger partial charge in [0.2, 0.25) is 5.89 Å². The van der Waals surface area contributed by atoms with E-state index in [-0.39, 0.29) is 29.8 Å². The summed E-state index contributed by atoms with van der Waals surface area (Å²) in [5, 5.41) is 30.7. The van der Waals surface area contributed by atoms with Crippen LogP contribution >= 0.6 is 0 Å². The van der Waals surface area contributed by atoms with Crippen LogP contribution in [0.5, 0.6) is 0 Å². The van der Waals surface area contributed by atoms with Crippen LogP contribution < -0.4 is 0 Å². The monoisotopic (exact) mass is 395 g/mol. The van der Waals surface area contributed by atoms with Crippen LogP contribution in [0.15, 0.2) is 16.2 Å². The maximum atomic E-state index is 10.6. The van der Waals surface area contributed by atoms with Crippen molar-refractivity contribution in [2.45, 2.75) is 70.2 Å². The number of aldehydes is 1. The van der Waals surface area contributed by atoms with E-state index in [0.29, 0.717) is 31.6 Å². The first-order valence-electron chi connectivity index (χ1n) is 9.69. The maximum absolute atomic E-state index is 10.6. The molecule has 2 aliphatic rings. The average Bonchev–Trinajstić information content (AvgIpc) is 3.28. The zero-order chi connectivity index (χ0) is 20.4. The van der Waals surface area contributed by atoms with E-state index < -0.39 is 24.4 Å².